The molecule has 0 saturated carbocycles. The fourth-order valence-corrected chi connectivity index (χ4v) is 1.99. The van der Waals surface area contributed by atoms with E-state index < -0.39 is 5.60 Å². The number of carbonyl (C=O) groups is 1. The van der Waals surface area contributed by atoms with Gasteiger partial charge in [0.15, 0.2) is 0 Å². The number of fused-ring (bicyclic) bond motifs is 1. The molecule has 0 bridgehead atoms. The van der Waals surface area contributed by atoms with Gasteiger partial charge in [0, 0.05) is 18.7 Å². The molecule has 0 radical (unpaired) electrons. The van der Waals surface area contributed by atoms with Crippen LogP contribution in [-0.4, -0.2) is 30.2 Å². The average molecular weight is 316 g/mol. The van der Waals surface area contributed by atoms with Crippen LogP contribution in [-0.2, 0) is 9.53 Å². The van der Waals surface area contributed by atoms with E-state index in [1.807, 2.05) is 24.3 Å². The van der Waals surface area contributed by atoms with Crippen LogP contribution >= 0.6 is 0 Å². The average Bonchev–Trinajstić information content (AvgIpc) is 2.53. The third kappa shape index (κ3) is 3.99. The lowest BCUT2D eigenvalue weighted by Crippen LogP contribution is -2.38. The van der Waals surface area contributed by atoms with Crippen LogP contribution in [0.1, 0.15) is 27.7 Å². The second kappa shape index (κ2) is 6.96. The van der Waals surface area contributed by atoms with Gasteiger partial charge in [-0.1, -0.05) is 13.8 Å². The van der Waals surface area contributed by atoms with E-state index in [-0.39, 0.29) is 5.91 Å². The number of hydrogen-bond donors (Lipinski definition) is 1. The largest absolute Gasteiger partial charge is 0.491 e. The molecule has 2 rings (SSSR count). The van der Waals surface area contributed by atoms with E-state index in [0.29, 0.717) is 18.2 Å². The predicted octanol–water partition coefficient (Wildman–Crippen LogP) is 3.63. The summed E-state index contributed by atoms with van der Waals surface area (Å²) in [7, 11) is 1.52. The van der Waals surface area contributed by atoms with Crippen LogP contribution in [0.15, 0.2) is 30.5 Å². The smallest absolute Gasteiger partial charge is 0.256 e. The zero-order chi connectivity index (χ0) is 17.0. The van der Waals surface area contributed by atoms with Gasteiger partial charge in [0.2, 0.25) is 0 Å². The fourth-order valence-electron chi connectivity index (χ4n) is 1.99. The van der Waals surface area contributed by atoms with Crippen molar-refractivity contribution in [3.8, 4) is 5.75 Å². The van der Waals surface area contributed by atoms with Crippen LogP contribution in [0.5, 0.6) is 5.75 Å². The van der Waals surface area contributed by atoms with Crippen molar-refractivity contribution in [2.45, 2.75) is 33.3 Å². The summed E-state index contributed by atoms with van der Waals surface area (Å²) in [6.07, 6.45) is 1.72. The van der Waals surface area contributed by atoms with Crippen LogP contribution in [0.2, 0.25) is 0 Å². The van der Waals surface area contributed by atoms with Crippen molar-refractivity contribution in [2.75, 3.05) is 19.0 Å². The maximum Gasteiger partial charge on any atom is 0.256 e. The number of methoxy groups -OCH3 is 1. The van der Waals surface area contributed by atoms with Crippen molar-refractivity contribution in [1.82, 2.24) is 4.98 Å². The van der Waals surface area contributed by atoms with Gasteiger partial charge in [-0.25, -0.2) is 0 Å². The zero-order valence-corrected chi connectivity index (χ0v) is 14.3. The van der Waals surface area contributed by atoms with Gasteiger partial charge in [0.1, 0.15) is 16.9 Å². The van der Waals surface area contributed by atoms with E-state index in [1.54, 1.807) is 20.0 Å². The number of hydrogen-bond acceptors (Lipinski definition) is 4. The van der Waals surface area contributed by atoms with E-state index in [2.05, 4.69) is 24.1 Å². The highest BCUT2D eigenvalue weighted by Gasteiger charge is 2.27. The summed E-state index contributed by atoms with van der Waals surface area (Å²) < 4.78 is 11.0. The molecular formula is C18H24N2O3. The minimum absolute atomic E-state index is 0.207. The van der Waals surface area contributed by atoms with Gasteiger partial charge in [0.05, 0.1) is 12.3 Å². The van der Waals surface area contributed by atoms with Gasteiger partial charge >= 0.3 is 0 Å². The van der Waals surface area contributed by atoms with Crippen molar-refractivity contribution in [2.24, 2.45) is 5.92 Å². The predicted molar refractivity (Wildman–Crippen MR) is 91.8 cm³/mol. The number of carbonyl (C=O) groups excluding carboxylic acids is 1. The normalized spacial score (nSPS) is 11.7. The number of pyridine rings is 1. The Kier molecular flexibility index (Phi) is 5.21. The van der Waals surface area contributed by atoms with Crippen molar-refractivity contribution in [1.29, 1.82) is 0 Å². The molecule has 2 aromatic rings. The standard InChI is InChI=1S/C18H24N2O3/c1-12(2)11-23-15-9-8-14(13-7-6-10-19-16(13)15)20-17(21)18(3,4)22-5/h6-10,12H,11H2,1-5H3,(H,20,21). The lowest BCUT2D eigenvalue weighted by Gasteiger charge is -2.22. The molecule has 5 nitrogen and oxygen atoms in total. The Hall–Kier alpha value is -2.14. The molecule has 0 unspecified atom stereocenters. The van der Waals surface area contributed by atoms with Crippen LogP contribution in [0.25, 0.3) is 10.9 Å². The maximum absolute atomic E-state index is 12.3. The first-order valence-corrected chi connectivity index (χ1v) is 7.72. The van der Waals surface area contributed by atoms with Gasteiger partial charge in [-0.2, -0.15) is 0 Å². The van der Waals surface area contributed by atoms with E-state index in [4.69, 9.17) is 9.47 Å². The molecule has 23 heavy (non-hydrogen) atoms. The van der Waals surface area contributed by atoms with Crippen molar-refractivity contribution in [3.05, 3.63) is 30.5 Å². The molecule has 0 aliphatic heterocycles. The lowest BCUT2D eigenvalue weighted by atomic mass is 10.1. The summed E-state index contributed by atoms with van der Waals surface area (Å²) in [5.74, 6) is 0.940. The number of nitrogens with one attached hydrogen (secondary N) is 1. The highest BCUT2D eigenvalue weighted by molar-refractivity contribution is 6.05. The molecule has 1 aromatic heterocycles. The second-order valence-corrected chi connectivity index (χ2v) is 6.38. The minimum atomic E-state index is -0.901. The molecule has 1 heterocycles. The highest BCUT2D eigenvalue weighted by atomic mass is 16.5. The van der Waals surface area contributed by atoms with Gasteiger partial charge in [-0.3, -0.25) is 9.78 Å². The molecule has 0 fully saturated rings. The Bertz CT molecular complexity index is 696. The molecule has 1 aromatic carbocycles. The molecule has 0 aliphatic carbocycles. The summed E-state index contributed by atoms with van der Waals surface area (Å²) in [6, 6.07) is 7.43. The summed E-state index contributed by atoms with van der Waals surface area (Å²) >= 11 is 0. The van der Waals surface area contributed by atoms with Crippen LogP contribution in [0.4, 0.5) is 5.69 Å². The number of anilines is 1. The van der Waals surface area contributed by atoms with Gasteiger partial charge < -0.3 is 14.8 Å². The third-order valence-electron chi connectivity index (χ3n) is 3.61. The lowest BCUT2D eigenvalue weighted by molar-refractivity contribution is -0.133. The monoisotopic (exact) mass is 316 g/mol. The Morgan fingerprint density at radius 1 is 1.30 bits per heavy atom. The molecule has 124 valence electrons. The first kappa shape index (κ1) is 17.2. The molecular weight excluding hydrogens is 292 g/mol. The Balaban J connectivity index is 2.36. The molecule has 0 atom stereocenters. The molecule has 1 N–H and O–H groups in total. The van der Waals surface area contributed by atoms with Crippen molar-refractivity contribution in [3.63, 3.8) is 0 Å². The maximum atomic E-state index is 12.3. The Morgan fingerprint density at radius 3 is 2.70 bits per heavy atom. The quantitative estimate of drug-likeness (QED) is 0.884. The Morgan fingerprint density at radius 2 is 2.04 bits per heavy atom. The van der Waals surface area contributed by atoms with Crippen molar-refractivity contribution < 1.29 is 14.3 Å². The number of aromatic nitrogens is 1. The molecule has 5 heteroatoms. The minimum Gasteiger partial charge on any atom is -0.491 e. The second-order valence-electron chi connectivity index (χ2n) is 6.38. The number of ether oxygens (including phenoxy) is 2. The first-order valence-electron chi connectivity index (χ1n) is 7.72. The van der Waals surface area contributed by atoms with E-state index >= 15 is 0 Å². The van der Waals surface area contributed by atoms with E-state index in [0.717, 1.165) is 16.7 Å². The van der Waals surface area contributed by atoms with Gasteiger partial charge in [0.25, 0.3) is 5.91 Å². The van der Waals surface area contributed by atoms with Crippen LogP contribution in [0, 0.1) is 5.92 Å². The Labute approximate surface area is 137 Å². The van der Waals surface area contributed by atoms with E-state index in [9.17, 15) is 4.79 Å². The fraction of sp³-hybridized carbons (Fsp3) is 0.444. The molecule has 1 amide bonds. The molecule has 0 saturated heterocycles. The SMILES string of the molecule is COC(C)(C)C(=O)Nc1ccc(OCC(C)C)c2ncccc12. The number of benzene rings is 1. The zero-order valence-electron chi connectivity index (χ0n) is 14.3. The number of amides is 1. The third-order valence-corrected chi connectivity index (χ3v) is 3.61. The number of rotatable bonds is 6. The first-order chi connectivity index (χ1) is 10.8. The van der Waals surface area contributed by atoms with Gasteiger partial charge in [-0.15, -0.1) is 0 Å². The topological polar surface area (TPSA) is 60.5 Å². The highest BCUT2D eigenvalue weighted by Crippen LogP contribution is 2.30. The van der Waals surface area contributed by atoms with Crippen LogP contribution in [0.3, 0.4) is 0 Å². The van der Waals surface area contributed by atoms with Gasteiger partial charge in [-0.05, 0) is 44.0 Å². The molecule has 0 spiro atoms. The van der Waals surface area contributed by atoms with Crippen molar-refractivity contribution >= 4 is 22.5 Å². The molecule has 0 aliphatic rings. The summed E-state index contributed by atoms with van der Waals surface area (Å²) in [4.78, 5) is 16.7. The van der Waals surface area contributed by atoms with Crippen LogP contribution < -0.4 is 10.1 Å². The summed E-state index contributed by atoms with van der Waals surface area (Å²) in [5, 5.41) is 3.75. The summed E-state index contributed by atoms with van der Waals surface area (Å²) in [6.45, 7) is 8.26. The van der Waals surface area contributed by atoms with E-state index in [1.165, 1.54) is 7.11 Å². The summed E-state index contributed by atoms with van der Waals surface area (Å²) in [5.41, 5.74) is 0.530. The number of nitrogens with zero attached hydrogens (tertiary/aromatic N) is 1.